The van der Waals surface area contributed by atoms with Crippen LogP contribution in [0.2, 0.25) is 0 Å². The van der Waals surface area contributed by atoms with E-state index in [9.17, 15) is 0 Å². The Bertz CT molecular complexity index is 330. The molecule has 0 aromatic carbocycles. The molecule has 0 saturated carbocycles. The third kappa shape index (κ3) is 3.35. The van der Waals surface area contributed by atoms with Crippen LogP contribution in [0.1, 0.15) is 25.0 Å². The Kier molecular flexibility index (Phi) is 4.81. The van der Waals surface area contributed by atoms with Crippen molar-refractivity contribution < 1.29 is 9.84 Å². The summed E-state index contributed by atoms with van der Waals surface area (Å²) in [7, 11) is 0. The summed E-state index contributed by atoms with van der Waals surface area (Å²) in [4.78, 5) is 0. The number of hydrogen-bond acceptors (Lipinski definition) is 4. The first-order chi connectivity index (χ1) is 7.31. The van der Waals surface area contributed by atoms with E-state index >= 15 is 0 Å². The number of aromatic nitrogens is 2. The Balaban J connectivity index is 2.62. The molecule has 82 valence electrons. The molecule has 0 radical (unpaired) electrons. The van der Waals surface area contributed by atoms with Gasteiger partial charge in [-0.25, -0.2) is 0 Å². The van der Waals surface area contributed by atoms with Crippen molar-refractivity contribution >= 4 is 0 Å². The Morgan fingerprint density at radius 2 is 2.53 bits per heavy atom. The van der Waals surface area contributed by atoms with Gasteiger partial charge in [0, 0.05) is 18.3 Å². The van der Waals surface area contributed by atoms with E-state index in [1.165, 1.54) is 0 Å². The number of nitrogens with zero attached hydrogens (tertiary/aromatic N) is 3. The van der Waals surface area contributed by atoms with Crippen molar-refractivity contribution in [3.63, 3.8) is 0 Å². The Morgan fingerprint density at radius 1 is 1.73 bits per heavy atom. The molecule has 0 aliphatic heterocycles. The number of rotatable bonds is 6. The van der Waals surface area contributed by atoms with Gasteiger partial charge in [0.15, 0.2) is 6.10 Å². The standard InChI is InChI=1S/C10H15N3O2/c1-2-3-13-8-9(7-12-13)10(6-11)15-5-4-14/h7-8,10,14H,2-5H2,1H3. The number of nitriles is 1. The molecule has 1 N–H and O–H groups in total. The van der Waals surface area contributed by atoms with Gasteiger partial charge in [-0.2, -0.15) is 10.4 Å². The molecule has 1 aromatic rings. The second kappa shape index (κ2) is 6.17. The molecule has 0 amide bonds. The van der Waals surface area contributed by atoms with Gasteiger partial charge in [0.05, 0.1) is 25.5 Å². The zero-order valence-electron chi connectivity index (χ0n) is 8.76. The molecule has 1 aromatic heterocycles. The molecule has 0 bridgehead atoms. The fourth-order valence-corrected chi connectivity index (χ4v) is 1.24. The van der Waals surface area contributed by atoms with Crippen LogP contribution in [-0.2, 0) is 11.3 Å². The Labute approximate surface area is 88.9 Å². The second-order valence-corrected chi connectivity index (χ2v) is 3.14. The van der Waals surface area contributed by atoms with E-state index in [1.54, 1.807) is 17.1 Å². The van der Waals surface area contributed by atoms with Gasteiger partial charge in [-0.3, -0.25) is 4.68 Å². The molecule has 1 atom stereocenters. The highest BCUT2D eigenvalue weighted by Crippen LogP contribution is 2.15. The van der Waals surface area contributed by atoms with E-state index in [4.69, 9.17) is 15.1 Å². The highest BCUT2D eigenvalue weighted by Gasteiger charge is 2.12. The number of aliphatic hydroxyl groups excluding tert-OH is 1. The predicted octanol–water partition coefficient (Wildman–Crippen LogP) is 0.867. The van der Waals surface area contributed by atoms with Crippen molar-refractivity contribution in [1.82, 2.24) is 9.78 Å². The van der Waals surface area contributed by atoms with E-state index < -0.39 is 6.10 Å². The summed E-state index contributed by atoms with van der Waals surface area (Å²) in [5.41, 5.74) is 0.736. The zero-order valence-corrected chi connectivity index (χ0v) is 8.76. The van der Waals surface area contributed by atoms with Crippen LogP contribution in [0.5, 0.6) is 0 Å². The number of hydrogen-bond donors (Lipinski definition) is 1. The van der Waals surface area contributed by atoms with Gasteiger partial charge >= 0.3 is 0 Å². The minimum absolute atomic E-state index is 0.0821. The molecule has 0 spiro atoms. The van der Waals surface area contributed by atoms with Crippen LogP contribution in [0.25, 0.3) is 0 Å². The van der Waals surface area contributed by atoms with Crippen molar-refractivity contribution in [3.8, 4) is 6.07 Å². The van der Waals surface area contributed by atoms with Gasteiger partial charge in [-0.15, -0.1) is 0 Å². The van der Waals surface area contributed by atoms with Crippen molar-refractivity contribution in [3.05, 3.63) is 18.0 Å². The summed E-state index contributed by atoms with van der Waals surface area (Å²) in [5, 5.41) is 21.5. The first-order valence-electron chi connectivity index (χ1n) is 4.96. The minimum Gasteiger partial charge on any atom is -0.394 e. The van der Waals surface area contributed by atoms with Crippen LogP contribution in [-0.4, -0.2) is 28.1 Å². The second-order valence-electron chi connectivity index (χ2n) is 3.14. The highest BCUT2D eigenvalue weighted by molar-refractivity contribution is 5.15. The lowest BCUT2D eigenvalue weighted by Crippen LogP contribution is -2.05. The predicted molar refractivity (Wildman–Crippen MR) is 53.9 cm³/mol. The lowest BCUT2D eigenvalue weighted by atomic mass is 10.2. The first kappa shape index (κ1) is 11.7. The van der Waals surface area contributed by atoms with Gasteiger partial charge in [0.25, 0.3) is 0 Å². The van der Waals surface area contributed by atoms with E-state index in [0.29, 0.717) is 0 Å². The number of aryl methyl sites for hydroxylation is 1. The lowest BCUT2D eigenvalue weighted by Gasteiger charge is -2.06. The molecule has 5 nitrogen and oxygen atoms in total. The fraction of sp³-hybridized carbons (Fsp3) is 0.600. The smallest absolute Gasteiger partial charge is 0.172 e. The molecule has 1 heterocycles. The summed E-state index contributed by atoms with van der Waals surface area (Å²) in [6.07, 6.45) is 3.79. The van der Waals surface area contributed by atoms with Gasteiger partial charge in [-0.05, 0) is 6.42 Å². The molecule has 0 saturated heterocycles. The number of ether oxygens (including phenoxy) is 1. The Hall–Kier alpha value is -1.38. The lowest BCUT2D eigenvalue weighted by molar-refractivity contribution is 0.0581. The topological polar surface area (TPSA) is 71.1 Å². The summed E-state index contributed by atoms with van der Waals surface area (Å²) in [6.45, 7) is 2.97. The maximum absolute atomic E-state index is 8.85. The third-order valence-corrected chi connectivity index (χ3v) is 1.90. The maximum Gasteiger partial charge on any atom is 0.172 e. The normalized spacial score (nSPS) is 12.3. The summed E-state index contributed by atoms with van der Waals surface area (Å²) in [5.74, 6) is 0. The van der Waals surface area contributed by atoms with E-state index in [1.807, 2.05) is 6.07 Å². The molecule has 5 heteroatoms. The average molecular weight is 209 g/mol. The molecule has 0 fully saturated rings. The van der Waals surface area contributed by atoms with Crippen molar-refractivity contribution in [2.45, 2.75) is 26.0 Å². The molecule has 1 unspecified atom stereocenters. The summed E-state index contributed by atoms with van der Waals surface area (Å²) < 4.78 is 6.93. The molecule has 15 heavy (non-hydrogen) atoms. The molecule has 1 rings (SSSR count). The van der Waals surface area contributed by atoms with Crippen LogP contribution in [0.15, 0.2) is 12.4 Å². The average Bonchev–Trinajstić information content (AvgIpc) is 2.68. The van der Waals surface area contributed by atoms with Crippen molar-refractivity contribution in [2.75, 3.05) is 13.2 Å². The van der Waals surface area contributed by atoms with Crippen LogP contribution in [0, 0.1) is 11.3 Å². The molecular weight excluding hydrogens is 194 g/mol. The maximum atomic E-state index is 8.85. The van der Waals surface area contributed by atoms with Crippen LogP contribution in [0.3, 0.4) is 0 Å². The molecule has 0 aliphatic rings. The quantitative estimate of drug-likeness (QED) is 0.754. The van der Waals surface area contributed by atoms with E-state index in [-0.39, 0.29) is 13.2 Å². The van der Waals surface area contributed by atoms with Gasteiger partial charge in [0.2, 0.25) is 0 Å². The van der Waals surface area contributed by atoms with Gasteiger partial charge in [-0.1, -0.05) is 6.92 Å². The minimum atomic E-state index is -0.636. The molecule has 0 aliphatic carbocycles. The van der Waals surface area contributed by atoms with Crippen molar-refractivity contribution in [1.29, 1.82) is 5.26 Å². The van der Waals surface area contributed by atoms with E-state index in [2.05, 4.69) is 12.0 Å². The summed E-state index contributed by atoms with van der Waals surface area (Å²) in [6, 6.07) is 2.02. The monoisotopic (exact) mass is 209 g/mol. The SMILES string of the molecule is CCCn1cc(C(C#N)OCCO)cn1. The Morgan fingerprint density at radius 3 is 3.13 bits per heavy atom. The van der Waals surface area contributed by atoms with Crippen LogP contribution in [0.4, 0.5) is 0 Å². The van der Waals surface area contributed by atoms with Crippen molar-refractivity contribution in [2.24, 2.45) is 0 Å². The van der Waals surface area contributed by atoms with Crippen LogP contribution >= 0.6 is 0 Å². The summed E-state index contributed by atoms with van der Waals surface area (Å²) >= 11 is 0. The largest absolute Gasteiger partial charge is 0.394 e. The van der Waals surface area contributed by atoms with Crippen LogP contribution < -0.4 is 0 Å². The zero-order chi connectivity index (χ0) is 11.1. The van der Waals surface area contributed by atoms with E-state index in [0.717, 1.165) is 18.5 Å². The van der Waals surface area contributed by atoms with Gasteiger partial charge < -0.3 is 9.84 Å². The first-order valence-corrected chi connectivity index (χ1v) is 4.96. The number of aliphatic hydroxyl groups is 1. The molecular formula is C10H15N3O2. The highest BCUT2D eigenvalue weighted by atomic mass is 16.5. The van der Waals surface area contributed by atoms with Gasteiger partial charge in [0.1, 0.15) is 0 Å². The third-order valence-electron chi connectivity index (χ3n) is 1.90. The fourth-order valence-electron chi connectivity index (χ4n) is 1.24.